The number of carbonyl (C=O) groups excluding carboxylic acids is 1. The van der Waals surface area contributed by atoms with Gasteiger partial charge in [0, 0.05) is 6.42 Å². The Morgan fingerprint density at radius 2 is 2.43 bits per heavy atom. The summed E-state index contributed by atoms with van der Waals surface area (Å²) in [6.07, 6.45) is 3.24. The Labute approximate surface area is 92.6 Å². The van der Waals surface area contributed by atoms with Gasteiger partial charge in [0.15, 0.2) is 0 Å². The molecule has 0 amide bonds. The predicted octanol–water partition coefficient (Wildman–Crippen LogP) is 2.40. The summed E-state index contributed by atoms with van der Waals surface area (Å²) >= 11 is 3.59. The smallest absolute Gasteiger partial charge is 0.334 e. The summed E-state index contributed by atoms with van der Waals surface area (Å²) in [5, 5.41) is 0. The van der Waals surface area contributed by atoms with Crippen LogP contribution in [0.5, 0.6) is 0 Å². The lowest BCUT2D eigenvalue weighted by atomic mass is 10.0. The molecule has 0 bridgehead atoms. The molecule has 0 radical (unpaired) electrons. The van der Waals surface area contributed by atoms with E-state index in [9.17, 15) is 4.79 Å². The minimum Gasteiger partial charge on any atom is -0.496 e. The minimum absolute atomic E-state index is 0.167. The summed E-state index contributed by atoms with van der Waals surface area (Å²) < 4.78 is 10.0. The molecule has 3 nitrogen and oxygen atoms in total. The number of hydrogen-bond donors (Lipinski definition) is 0. The van der Waals surface area contributed by atoms with Crippen LogP contribution in [-0.4, -0.2) is 23.5 Å². The van der Waals surface area contributed by atoms with E-state index in [4.69, 9.17) is 9.47 Å². The zero-order valence-corrected chi connectivity index (χ0v) is 10.1. The molecule has 0 aliphatic carbocycles. The molecular formula is C10H15BrO3. The van der Waals surface area contributed by atoms with Gasteiger partial charge in [-0.05, 0) is 13.3 Å². The van der Waals surface area contributed by atoms with Crippen molar-refractivity contribution in [1.82, 2.24) is 0 Å². The number of rotatable bonds is 3. The van der Waals surface area contributed by atoms with Gasteiger partial charge in [-0.3, -0.25) is 0 Å². The largest absolute Gasteiger partial charge is 0.496 e. The first-order chi connectivity index (χ1) is 6.62. The highest BCUT2D eigenvalue weighted by Gasteiger charge is 2.36. The van der Waals surface area contributed by atoms with Crippen LogP contribution in [0.2, 0.25) is 0 Å². The predicted molar refractivity (Wildman–Crippen MR) is 57.2 cm³/mol. The van der Waals surface area contributed by atoms with Gasteiger partial charge in [-0.1, -0.05) is 22.9 Å². The monoisotopic (exact) mass is 262 g/mol. The van der Waals surface area contributed by atoms with Gasteiger partial charge in [0.2, 0.25) is 0 Å². The van der Waals surface area contributed by atoms with Crippen LogP contribution < -0.4 is 0 Å². The second-order valence-corrected chi connectivity index (χ2v) is 4.70. The second kappa shape index (κ2) is 4.82. The molecule has 1 heterocycles. The van der Waals surface area contributed by atoms with Crippen molar-refractivity contribution in [2.45, 2.75) is 31.0 Å². The van der Waals surface area contributed by atoms with Crippen molar-refractivity contribution < 1.29 is 14.3 Å². The van der Waals surface area contributed by atoms with Gasteiger partial charge in [-0.15, -0.1) is 0 Å². The molecule has 1 aliphatic rings. The molecule has 0 aromatic rings. The molecule has 0 aromatic carbocycles. The summed E-state index contributed by atoms with van der Waals surface area (Å²) in [7, 11) is 0. The number of ether oxygens (including phenoxy) is 2. The normalized spacial score (nSPS) is 28.9. The summed E-state index contributed by atoms with van der Waals surface area (Å²) in [4.78, 5) is 11.2. The standard InChI is InChI=1S/C10H15BrO3/c1-3-10(11)5-6-14-8(10)7-9(12)13-4-2/h7H,3-6H2,1-2H3/b8-7+. The Morgan fingerprint density at radius 3 is 3.00 bits per heavy atom. The molecule has 0 saturated carbocycles. The number of carbonyl (C=O) groups is 1. The van der Waals surface area contributed by atoms with Crippen LogP contribution in [0.15, 0.2) is 11.8 Å². The van der Waals surface area contributed by atoms with Gasteiger partial charge in [0.25, 0.3) is 0 Å². The van der Waals surface area contributed by atoms with Gasteiger partial charge in [-0.2, -0.15) is 0 Å². The van der Waals surface area contributed by atoms with Crippen LogP contribution in [0.4, 0.5) is 0 Å². The molecule has 1 atom stereocenters. The van der Waals surface area contributed by atoms with Gasteiger partial charge >= 0.3 is 5.97 Å². The molecule has 0 N–H and O–H groups in total. The summed E-state index contributed by atoms with van der Waals surface area (Å²) in [5.41, 5.74) is 0. The van der Waals surface area contributed by atoms with Crippen molar-refractivity contribution in [2.24, 2.45) is 0 Å². The number of halogens is 1. The fraction of sp³-hybridized carbons (Fsp3) is 0.700. The van der Waals surface area contributed by atoms with Crippen molar-refractivity contribution in [3.05, 3.63) is 11.8 Å². The third kappa shape index (κ3) is 2.50. The van der Waals surface area contributed by atoms with E-state index in [1.165, 1.54) is 6.08 Å². The topological polar surface area (TPSA) is 35.5 Å². The average Bonchev–Trinajstić information content (AvgIpc) is 2.49. The average molecular weight is 263 g/mol. The maximum absolute atomic E-state index is 11.2. The van der Waals surface area contributed by atoms with E-state index in [0.717, 1.165) is 12.8 Å². The van der Waals surface area contributed by atoms with Gasteiger partial charge in [-0.25, -0.2) is 4.79 Å². The number of hydrogen-bond acceptors (Lipinski definition) is 3. The summed E-state index contributed by atoms with van der Waals surface area (Å²) in [6.45, 7) is 4.89. The van der Waals surface area contributed by atoms with Crippen molar-refractivity contribution in [1.29, 1.82) is 0 Å². The van der Waals surface area contributed by atoms with Gasteiger partial charge in [0.05, 0.1) is 23.6 Å². The highest BCUT2D eigenvalue weighted by Crippen LogP contribution is 2.40. The summed E-state index contributed by atoms with van der Waals surface area (Å²) in [6, 6.07) is 0. The maximum atomic E-state index is 11.2. The Hall–Kier alpha value is -0.510. The van der Waals surface area contributed by atoms with E-state index in [1.54, 1.807) is 6.92 Å². The lowest BCUT2D eigenvalue weighted by molar-refractivity contribution is -0.137. The van der Waals surface area contributed by atoms with E-state index in [-0.39, 0.29) is 10.3 Å². The third-order valence-electron chi connectivity index (χ3n) is 2.29. The Balaban J connectivity index is 2.71. The Kier molecular flexibility index (Phi) is 3.98. The SMILES string of the molecule is CCOC(=O)/C=C1/OCCC1(Br)CC. The number of esters is 1. The molecule has 1 saturated heterocycles. The molecule has 0 aromatic heterocycles. The van der Waals surface area contributed by atoms with E-state index in [0.29, 0.717) is 19.0 Å². The Bertz CT molecular complexity index is 250. The molecule has 4 heteroatoms. The first-order valence-corrected chi connectivity index (χ1v) is 5.62. The van der Waals surface area contributed by atoms with E-state index < -0.39 is 0 Å². The first-order valence-electron chi connectivity index (χ1n) is 4.83. The van der Waals surface area contributed by atoms with Gasteiger partial charge < -0.3 is 9.47 Å². The molecule has 14 heavy (non-hydrogen) atoms. The van der Waals surface area contributed by atoms with Crippen LogP contribution in [0.3, 0.4) is 0 Å². The van der Waals surface area contributed by atoms with E-state index in [1.807, 2.05) is 0 Å². The molecule has 0 spiro atoms. The second-order valence-electron chi connectivity index (χ2n) is 3.18. The van der Waals surface area contributed by atoms with Crippen LogP contribution in [0, 0.1) is 0 Å². The van der Waals surface area contributed by atoms with Crippen molar-refractivity contribution in [2.75, 3.05) is 13.2 Å². The Morgan fingerprint density at radius 1 is 1.71 bits per heavy atom. The molecule has 1 rings (SSSR count). The fourth-order valence-corrected chi connectivity index (χ4v) is 1.78. The van der Waals surface area contributed by atoms with Crippen molar-refractivity contribution in [3.8, 4) is 0 Å². The van der Waals surface area contributed by atoms with Crippen molar-refractivity contribution in [3.63, 3.8) is 0 Å². The zero-order chi connectivity index (χ0) is 10.6. The highest BCUT2D eigenvalue weighted by molar-refractivity contribution is 9.10. The minimum atomic E-state index is -0.332. The zero-order valence-electron chi connectivity index (χ0n) is 8.51. The molecular weight excluding hydrogens is 248 g/mol. The summed E-state index contributed by atoms with van der Waals surface area (Å²) in [5.74, 6) is 0.361. The fourth-order valence-electron chi connectivity index (χ4n) is 1.39. The van der Waals surface area contributed by atoms with Crippen molar-refractivity contribution >= 4 is 21.9 Å². The van der Waals surface area contributed by atoms with Crippen LogP contribution in [0.1, 0.15) is 26.7 Å². The quantitative estimate of drug-likeness (QED) is 0.445. The highest BCUT2D eigenvalue weighted by atomic mass is 79.9. The van der Waals surface area contributed by atoms with E-state index >= 15 is 0 Å². The maximum Gasteiger partial charge on any atom is 0.334 e. The lowest BCUT2D eigenvalue weighted by Gasteiger charge is -2.18. The molecule has 1 unspecified atom stereocenters. The van der Waals surface area contributed by atoms with Gasteiger partial charge in [0.1, 0.15) is 5.76 Å². The third-order valence-corrected chi connectivity index (χ3v) is 3.64. The van der Waals surface area contributed by atoms with E-state index in [2.05, 4.69) is 22.9 Å². The first kappa shape index (κ1) is 11.6. The lowest BCUT2D eigenvalue weighted by Crippen LogP contribution is -2.18. The van der Waals surface area contributed by atoms with Crippen LogP contribution in [0.25, 0.3) is 0 Å². The number of allylic oxidation sites excluding steroid dienone is 1. The number of alkyl halides is 1. The molecule has 80 valence electrons. The van der Waals surface area contributed by atoms with Crippen LogP contribution >= 0.6 is 15.9 Å². The molecule has 1 fully saturated rings. The van der Waals surface area contributed by atoms with Crippen LogP contribution in [-0.2, 0) is 14.3 Å². The molecule has 1 aliphatic heterocycles.